The van der Waals surface area contributed by atoms with Crippen LogP contribution in [0.2, 0.25) is 0 Å². The summed E-state index contributed by atoms with van der Waals surface area (Å²) in [6.45, 7) is 1.37. The van der Waals surface area contributed by atoms with Gasteiger partial charge in [-0.05, 0) is 37.3 Å². The number of rotatable bonds is 6. The van der Waals surface area contributed by atoms with Gasteiger partial charge in [0.05, 0.1) is 23.8 Å². The summed E-state index contributed by atoms with van der Waals surface area (Å²) >= 11 is 0. The molecule has 1 aromatic heterocycles. The monoisotopic (exact) mass is 352 g/mol. The number of hydrogen-bond acceptors (Lipinski definition) is 6. The molecule has 1 aromatic carbocycles. The van der Waals surface area contributed by atoms with Crippen molar-refractivity contribution in [2.45, 2.75) is 17.9 Å². The molecule has 0 aliphatic carbocycles. The molecule has 2 N–H and O–H groups in total. The van der Waals surface area contributed by atoms with Crippen LogP contribution in [0.4, 0.5) is 0 Å². The Bertz CT molecular complexity index is 812. The molecular formula is C15H16N2O6S. The molecule has 9 heteroatoms. The summed E-state index contributed by atoms with van der Waals surface area (Å²) in [5.41, 5.74) is 0.229. The van der Waals surface area contributed by atoms with Gasteiger partial charge in [0.15, 0.2) is 0 Å². The van der Waals surface area contributed by atoms with Gasteiger partial charge in [0.1, 0.15) is 18.1 Å². The van der Waals surface area contributed by atoms with E-state index in [-0.39, 0.29) is 10.5 Å². The maximum Gasteiger partial charge on any atom is 0.264 e. The third-order valence-electron chi connectivity index (χ3n) is 3.13. The number of carbonyl (C=O) groups excluding carboxylic acids is 2. The van der Waals surface area contributed by atoms with E-state index in [2.05, 4.69) is 5.32 Å². The average Bonchev–Trinajstić information content (AvgIpc) is 3.09. The first kappa shape index (κ1) is 17.5. The minimum Gasteiger partial charge on any atom is -0.497 e. The van der Waals surface area contributed by atoms with Gasteiger partial charge in [-0.2, -0.15) is 0 Å². The van der Waals surface area contributed by atoms with E-state index >= 15 is 0 Å². The molecule has 0 saturated heterocycles. The first-order valence-electron chi connectivity index (χ1n) is 6.87. The van der Waals surface area contributed by atoms with Crippen molar-refractivity contribution >= 4 is 21.8 Å². The molecule has 0 spiro atoms. The second-order valence-corrected chi connectivity index (χ2v) is 6.53. The molecule has 2 aromatic rings. The summed E-state index contributed by atoms with van der Waals surface area (Å²) in [6, 6.07) is 5.91. The van der Waals surface area contributed by atoms with E-state index in [0.29, 0.717) is 5.75 Å². The fourth-order valence-electron chi connectivity index (χ4n) is 1.77. The van der Waals surface area contributed by atoms with E-state index in [1.807, 2.05) is 4.72 Å². The fourth-order valence-corrected chi connectivity index (χ4v) is 2.83. The van der Waals surface area contributed by atoms with Crippen LogP contribution in [0.25, 0.3) is 0 Å². The molecule has 0 fully saturated rings. The molecule has 0 saturated carbocycles. The molecule has 2 amide bonds. The summed E-state index contributed by atoms with van der Waals surface area (Å²) in [4.78, 5) is 23.7. The summed E-state index contributed by atoms with van der Waals surface area (Å²) < 4.78 is 35.9. The van der Waals surface area contributed by atoms with Crippen LogP contribution in [-0.2, 0) is 14.8 Å². The van der Waals surface area contributed by atoms with Crippen LogP contribution in [0.3, 0.4) is 0 Å². The van der Waals surface area contributed by atoms with Crippen molar-refractivity contribution < 1.29 is 27.2 Å². The zero-order valence-corrected chi connectivity index (χ0v) is 13.8. The van der Waals surface area contributed by atoms with Gasteiger partial charge in [-0.3, -0.25) is 9.59 Å². The van der Waals surface area contributed by atoms with Gasteiger partial charge in [-0.1, -0.05) is 0 Å². The largest absolute Gasteiger partial charge is 0.497 e. The van der Waals surface area contributed by atoms with Crippen molar-refractivity contribution in [2.24, 2.45) is 0 Å². The highest BCUT2D eigenvalue weighted by Crippen LogP contribution is 2.15. The number of ether oxygens (including phenoxy) is 1. The lowest BCUT2D eigenvalue weighted by Crippen LogP contribution is -2.46. The number of amides is 2. The van der Waals surface area contributed by atoms with Crippen LogP contribution in [0.15, 0.2) is 52.2 Å². The minimum absolute atomic E-state index is 0.0926. The summed E-state index contributed by atoms with van der Waals surface area (Å²) in [7, 11) is -2.59. The third kappa shape index (κ3) is 4.13. The van der Waals surface area contributed by atoms with Crippen molar-refractivity contribution in [2.75, 3.05) is 7.11 Å². The van der Waals surface area contributed by atoms with Crippen molar-refractivity contribution in [3.05, 3.63) is 48.4 Å². The summed E-state index contributed by atoms with van der Waals surface area (Å²) in [5, 5.41) is 2.38. The Morgan fingerprint density at radius 2 is 1.83 bits per heavy atom. The molecule has 0 bridgehead atoms. The quantitative estimate of drug-likeness (QED) is 0.799. The molecule has 8 nitrogen and oxygen atoms in total. The highest BCUT2D eigenvalue weighted by Gasteiger charge is 2.23. The Morgan fingerprint density at radius 1 is 1.17 bits per heavy atom. The summed E-state index contributed by atoms with van der Waals surface area (Å²) in [5.74, 6) is -0.920. The molecule has 0 radical (unpaired) electrons. The number of sulfonamides is 1. The maximum atomic E-state index is 12.2. The normalized spacial score (nSPS) is 12.2. The Morgan fingerprint density at radius 3 is 2.38 bits per heavy atom. The predicted molar refractivity (Wildman–Crippen MR) is 84.0 cm³/mol. The smallest absolute Gasteiger partial charge is 0.264 e. The van der Waals surface area contributed by atoms with Crippen molar-refractivity contribution in [1.29, 1.82) is 0 Å². The Balaban J connectivity index is 2.02. The van der Waals surface area contributed by atoms with Crippen LogP contribution < -0.4 is 14.8 Å². The highest BCUT2D eigenvalue weighted by atomic mass is 32.2. The van der Waals surface area contributed by atoms with Gasteiger partial charge in [0, 0.05) is 0 Å². The van der Waals surface area contributed by atoms with Gasteiger partial charge in [0.25, 0.3) is 21.8 Å². The molecule has 2 rings (SSSR count). The van der Waals surface area contributed by atoms with Gasteiger partial charge >= 0.3 is 0 Å². The van der Waals surface area contributed by atoms with Gasteiger partial charge in [-0.15, -0.1) is 0 Å². The molecule has 0 aliphatic heterocycles. The summed E-state index contributed by atoms with van der Waals surface area (Å²) in [6.07, 6.45) is 2.53. The Kier molecular flexibility index (Phi) is 5.24. The molecule has 128 valence electrons. The van der Waals surface area contributed by atoms with Gasteiger partial charge in [-0.25, -0.2) is 13.1 Å². The standard InChI is InChI=1S/C15H16N2O6S/c1-10(16-15(19)11-7-8-23-9-11)14(18)17-24(20,21)13-5-3-12(22-2)4-6-13/h3-10H,1-2H3,(H,16,19)(H,17,18). The van der Waals surface area contributed by atoms with Gasteiger partial charge < -0.3 is 14.5 Å². The molecule has 1 heterocycles. The SMILES string of the molecule is COc1ccc(S(=O)(=O)NC(=O)C(C)NC(=O)c2ccoc2)cc1. The second kappa shape index (κ2) is 7.18. The van der Waals surface area contributed by atoms with Crippen LogP contribution in [0.1, 0.15) is 17.3 Å². The Hall–Kier alpha value is -2.81. The number of methoxy groups -OCH3 is 1. The number of hydrogen-bond donors (Lipinski definition) is 2. The number of furan rings is 1. The Labute approximate surface area is 138 Å². The lowest BCUT2D eigenvalue weighted by molar-refractivity contribution is -0.120. The first-order chi connectivity index (χ1) is 11.3. The van der Waals surface area contributed by atoms with Crippen LogP contribution in [0, 0.1) is 0 Å². The zero-order chi connectivity index (χ0) is 17.7. The molecule has 24 heavy (non-hydrogen) atoms. The number of benzene rings is 1. The molecular weight excluding hydrogens is 336 g/mol. The maximum absolute atomic E-state index is 12.2. The third-order valence-corrected chi connectivity index (χ3v) is 4.49. The van der Waals surface area contributed by atoms with Crippen molar-refractivity contribution in [3.8, 4) is 5.75 Å². The van der Waals surface area contributed by atoms with Crippen molar-refractivity contribution in [1.82, 2.24) is 10.0 Å². The van der Waals surface area contributed by atoms with Crippen LogP contribution in [0.5, 0.6) is 5.75 Å². The van der Waals surface area contributed by atoms with Crippen molar-refractivity contribution in [3.63, 3.8) is 0 Å². The van der Waals surface area contributed by atoms with E-state index in [1.165, 1.54) is 56.9 Å². The van der Waals surface area contributed by atoms with E-state index in [1.54, 1.807) is 0 Å². The van der Waals surface area contributed by atoms with Crippen LogP contribution >= 0.6 is 0 Å². The van der Waals surface area contributed by atoms with Gasteiger partial charge in [0.2, 0.25) is 0 Å². The van der Waals surface area contributed by atoms with E-state index in [9.17, 15) is 18.0 Å². The van der Waals surface area contributed by atoms with E-state index in [4.69, 9.17) is 9.15 Å². The molecule has 0 aliphatic rings. The second-order valence-electron chi connectivity index (χ2n) is 4.85. The zero-order valence-electron chi connectivity index (χ0n) is 13.0. The molecule has 1 atom stereocenters. The minimum atomic E-state index is -4.04. The highest BCUT2D eigenvalue weighted by molar-refractivity contribution is 7.90. The fraction of sp³-hybridized carbons (Fsp3) is 0.200. The number of nitrogens with one attached hydrogen (secondary N) is 2. The topological polar surface area (TPSA) is 115 Å². The predicted octanol–water partition coefficient (Wildman–Crippen LogP) is 0.912. The average molecular weight is 352 g/mol. The molecule has 1 unspecified atom stereocenters. The first-order valence-corrected chi connectivity index (χ1v) is 8.35. The van der Waals surface area contributed by atoms with Crippen LogP contribution in [-0.4, -0.2) is 33.4 Å². The lowest BCUT2D eigenvalue weighted by Gasteiger charge is -2.14. The number of carbonyl (C=O) groups is 2. The van der Waals surface area contributed by atoms with E-state index in [0.717, 1.165) is 0 Å². The van der Waals surface area contributed by atoms with E-state index < -0.39 is 27.9 Å². The lowest BCUT2D eigenvalue weighted by atomic mass is 10.2.